The zero-order valence-corrected chi connectivity index (χ0v) is 10.3. The Morgan fingerprint density at radius 1 is 1.53 bits per heavy atom. The predicted octanol–water partition coefficient (Wildman–Crippen LogP) is -0.818. The van der Waals surface area contributed by atoms with Crippen molar-refractivity contribution < 1.29 is 9.00 Å². The van der Waals surface area contributed by atoms with Gasteiger partial charge in [-0.05, 0) is 0 Å². The van der Waals surface area contributed by atoms with Gasteiger partial charge in [-0.3, -0.25) is 0 Å². The molecule has 0 aliphatic heterocycles. The van der Waals surface area contributed by atoms with Gasteiger partial charge in [0.05, 0.1) is 0 Å². The van der Waals surface area contributed by atoms with E-state index < -0.39 is 16.7 Å². The number of primary amides is 1. The molecule has 0 saturated heterocycles. The van der Waals surface area contributed by atoms with Gasteiger partial charge in [-0.2, -0.15) is 0 Å². The summed E-state index contributed by atoms with van der Waals surface area (Å²) in [5.41, 5.74) is 5.94. The van der Waals surface area contributed by atoms with Crippen LogP contribution in [-0.4, -0.2) is 36.0 Å². The summed E-state index contributed by atoms with van der Waals surface area (Å²) in [6.07, 6.45) is 0. The average molecular weight is 237 g/mol. The fraction of sp³-hybridized carbons (Fsp3) is 0.200. The number of amides is 1. The summed E-state index contributed by atoms with van der Waals surface area (Å²) in [6.45, 7) is 0. The molecule has 1 unspecified atom stereocenters. The van der Waals surface area contributed by atoms with Crippen LogP contribution in [0.25, 0.3) is 0 Å². The Hall–Kier alpha value is -0.758. The molecule has 0 aliphatic rings. The third kappa shape index (κ3) is 4.52. The summed E-state index contributed by atoms with van der Waals surface area (Å²) >= 11 is 0.0259. The summed E-state index contributed by atoms with van der Waals surface area (Å²) in [4.78, 5) is 10.5. The summed E-state index contributed by atoms with van der Waals surface area (Å²) in [5, 5.41) is 3.86. The van der Waals surface area contributed by atoms with E-state index >= 15 is 0 Å². The molecular weight excluding hydrogens is 225 g/mol. The van der Waals surface area contributed by atoms with Gasteiger partial charge in [-0.1, -0.05) is 0 Å². The minimum atomic E-state index is -1.20. The number of benzene rings is 1. The van der Waals surface area contributed by atoms with Crippen LogP contribution >= 0.6 is 0 Å². The third-order valence-corrected chi connectivity index (χ3v) is 3.91. The molecule has 0 heterocycles. The molecule has 0 radical (unpaired) electrons. The van der Waals surface area contributed by atoms with Gasteiger partial charge < -0.3 is 0 Å². The summed E-state index contributed by atoms with van der Waals surface area (Å²) < 4.78 is 12.6. The Morgan fingerprint density at radius 2 is 2.27 bits per heavy atom. The SMILES string of the molecule is [CH2]=[Al][c]1cccc(CS(=O)CC(N)=O)c1. The number of carbonyl (C=O) groups excluding carboxylic acids is 1. The Bertz CT molecular complexity index is 406. The van der Waals surface area contributed by atoms with Crippen molar-refractivity contribution in [2.24, 2.45) is 5.73 Å². The van der Waals surface area contributed by atoms with E-state index in [0.717, 1.165) is 5.56 Å². The minimum absolute atomic E-state index is 0.0259. The van der Waals surface area contributed by atoms with E-state index in [1.807, 2.05) is 24.3 Å². The molecule has 3 nitrogen and oxygen atoms in total. The number of hydrogen-bond acceptors (Lipinski definition) is 2. The van der Waals surface area contributed by atoms with E-state index in [2.05, 4.69) is 5.39 Å². The van der Waals surface area contributed by atoms with Gasteiger partial charge in [0.2, 0.25) is 0 Å². The zero-order valence-electron chi connectivity index (χ0n) is 8.31. The second kappa shape index (κ2) is 5.96. The van der Waals surface area contributed by atoms with Crippen LogP contribution in [-0.2, 0) is 21.3 Å². The molecule has 0 spiro atoms. The van der Waals surface area contributed by atoms with Crippen LogP contribution in [0.5, 0.6) is 0 Å². The monoisotopic (exact) mass is 237 g/mol. The second-order valence-electron chi connectivity index (χ2n) is 3.14. The van der Waals surface area contributed by atoms with Gasteiger partial charge in [-0.15, -0.1) is 0 Å². The second-order valence-corrected chi connectivity index (χ2v) is 5.68. The first kappa shape index (κ1) is 12.3. The van der Waals surface area contributed by atoms with Gasteiger partial charge in [0, 0.05) is 0 Å². The fourth-order valence-corrected chi connectivity index (χ4v) is 2.76. The molecule has 0 bridgehead atoms. The van der Waals surface area contributed by atoms with Crippen LogP contribution in [0, 0.1) is 0 Å². The molecule has 5 heteroatoms. The van der Waals surface area contributed by atoms with Crippen molar-refractivity contribution in [1.29, 1.82) is 0 Å². The molecule has 0 aliphatic carbocycles. The molecule has 1 rings (SSSR count). The normalized spacial score (nSPS) is 11.7. The first-order valence-electron chi connectivity index (χ1n) is 4.46. The van der Waals surface area contributed by atoms with Gasteiger partial charge in [0.15, 0.2) is 0 Å². The van der Waals surface area contributed by atoms with Crippen molar-refractivity contribution in [2.45, 2.75) is 5.75 Å². The quantitative estimate of drug-likeness (QED) is 0.680. The zero-order chi connectivity index (χ0) is 11.3. The van der Waals surface area contributed by atoms with Crippen molar-refractivity contribution in [1.82, 2.24) is 0 Å². The molecule has 0 aromatic heterocycles. The molecular formula is C10H12AlNO2S. The van der Waals surface area contributed by atoms with E-state index in [-0.39, 0.29) is 20.5 Å². The molecule has 1 amide bonds. The first-order valence-corrected chi connectivity index (χ1v) is 7.34. The van der Waals surface area contributed by atoms with Crippen molar-refractivity contribution in [2.75, 3.05) is 5.75 Å². The number of nitrogens with two attached hydrogens (primary N) is 1. The van der Waals surface area contributed by atoms with Crippen molar-refractivity contribution >= 4 is 41.3 Å². The van der Waals surface area contributed by atoms with E-state index in [9.17, 15) is 9.00 Å². The van der Waals surface area contributed by atoms with Crippen LogP contribution in [0.15, 0.2) is 24.3 Å². The van der Waals surface area contributed by atoms with E-state index in [0.29, 0.717) is 5.75 Å². The van der Waals surface area contributed by atoms with Crippen LogP contribution in [0.2, 0.25) is 0 Å². The summed E-state index contributed by atoms with van der Waals surface area (Å²) in [6, 6.07) is 7.81. The summed E-state index contributed by atoms with van der Waals surface area (Å²) in [7, 11) is -1.20. The number of hydrogen-bond donors (Lipinski definition) is 1. The Morgan fingerprint density at radius 3 is 2.87 bits per heavy atom. The van der Waals surface area contributed by atoms with Crippen LogP contribution in [0.4, 0.5) is 0 Å². The summed E-state index contributed by atoms with van der Waals surface area (Å²) in [5.74, 6) is -0.204. The third-order valence-electron chi connectivity index (χ3n) is 1.82. The van der Waals surface area contributed by atoms with Crippen molar-refractivity contribution in [3.05, 3.63) is 29.8 Å². The molecule has 15 heavy (non-hydrogen) atoms. The van der Waals surface area contributed by atoms with Crippen LogP contribution < -0.4 is 10.2 Å². The van der Waals surface area contributed by atoms with E-state index in [1.165, 1.54) is 4.43 Å². The molecule has 1 aromatic rings. The van der Waals surface area contributed by atoms with Crippen molar-refractivity contribution in [3.8, 4) is 0 Å². The van der Waals surface area contributed by atoms with Crippen LogP contribution in [0.1, 0.15) is 5.56 Å². The maximum absolute atomic E-state index is 11.4. The van der Waals surface area contributed by atoms with Crippen molar-refractivity contribution in [3.63, 3.8) is 0 Å². The van der Waals surface area contributed by atoms with Gasteiger partial charge in [0.25, 0.3) is 0 Å². The van der Waals surface area contributed by atoms with Gasteiger partial charge in [-0.25, -0.2) is 0 Å². The molecule has 0 fully saturated rings. The number of rotatable bonds is 5. The van der Waals surface area contributed by atoms with Gasteiger partial charge in [0.1, 0.15) is 0 Å². The molecule has 1 atom stereocenters. The average Bonchev–Trinajstić information content (AvgIpc) is 2.16. The van der Waals surface area contributed by atoms with E-state index in [1.54, 1.807) is 0 Å². The fourth-order valence-electron chi connectivity index (χ4n) is 1.21. The topological polar surface area (TPSA) is 60.2 Å². The van der Waals surface area contributed by atoms with Crippen LogP contribution in [0.3, 0.4) is 0 Å². The molecule has 0 saturated carbocycles. The maximum atomic E-state index is 11.4. The standard InChI is InChI=1S/C9H10NO2S.CH2.Al/c10-9(11)7-13(12)6-8-4-2-1-3-5-8;;/h1-2,4-5H,6-7H2,(H2,10,11);1H2;. The van der Waals surface area contributed by atoms with E-state index in [4.69, 9.17) is 5.73 Å². The first-order chi connectivity index (χ1) is 7.11. The predicted molar refractivity (Wildman–Crippen MR) is 64.9 cm³/mol. The molecule has 2 N–H and O–H groups in total. The Labute approximate surface area is 97.4 Å². The van der Waals surface area contributed by atoms with Gasteiger partial charge >= 0.3 is 97.4 Å². The molecule has 78 valence electrons. The Kier molecular flexibility index (Phi) is 4.90. The number of carbonyl (C=O) groups is 1. The molecule has 1 aromatic carbocycles. The Balaban J connectivity index is 2.67.